The number of benzene rings is 2. The van der Waals surface area contributed by atoms with Gasteiger partial charge in [-0.3, -0.25) is 4.79 Å². The van der Waals surface area contributed by atoms with Gasteiger partial charge in [0.2, 0.25) is 0 Å². The zero-order valence-corrected chi connectivity index (χ0v) is 11.5. The molecule has 0 saturated heterocycles. The average molecular weight is 254 g/mol. The first-order chi connectivity index (χ1) is 9.11. The minimum atomic E-state index is -0.131. The Kier molecular flexibility index (Phi) is 4.00. The lowest BCUT2D eigenvalue weighted by molar-refractivity contribution is 0.0966. The van der Waals surface area contributed by atoms with Crippen molar-refractivity contribution in [2.75, 3.05) is 7.11 Å². The summed E-state index contributed by atoms with van der Waals surface area (Å²) in [5.41, 5.74) is 2.95. The number of ketones is 1. The molecule has 0 aromatic heterocycles. The fraction of sp³-hybridized carbons (Fsp3) is 0.235. The van der Waals surface area contributed by atoms with Crippen LogP contribution in [-0.4, -0.2) is 12.9 Å². The molecule has 0 bridgehead atoms. The molecule has 0 saturated carbocycles. The van der Waals surface area contributed by atoms with E-state index in [-0.39, 0.29) is 11.7 Å². The smallest absolute Gasteiger partial charge is 0.170 e. The Hall–Kier alpha value is -2.09. The van der Waals surface area contributed by atoms with Gasteiger partial charge < -0.3 is 4.74 Å². The standard InChI is InChI=1S/C17H18O2/c1-12-5-4-6-15(11-12)13(2)17(18)14-7-9-16(19-3)10-8-14/h4-11,13H,1-3H3. The lowest BCUT2D eigenvalue weighted by Gasteiger charge is -2.12. The van der Waals surface area contributed by atoms with Crippen LogP contribution in [0.3, 0.4) is 0 Å². The van der Waals surface area contributed by atoms with Gasteiger partial charge in [-0.1, -0.05) is 36.8 Å². The predicted octanol–water partition coefficient (Wildman–Crippen LogP) is 3.99. The highest BCUT2D eigenvalue weighted by molar-refractivity contribution is 6.00. The topological polar surface area (TPSA) is 26.3 Å². The third kappa shape index (κ3) is 3.02. The summed E-state index contributed by atoms with van der Waals surface area (Å²) in [6, 6.07) is 15.3. The summed E-state index contributed by atoms with van der Waals surface area (Å²) >= 11 is 0. The molecule has 0 radical (unpaired) electrons. The van der Waals surface area contributed by atoms with E-state index in [0.717, 1.165) is 16.9 Å². The van der Waals surface area contributed by atoms with E-state index in [1.165, 1.54) is 5.56 Å². The van der Waals surface area contributed by atoms with Gasteiger partial charge in [0.15, 0.2) is 5.78 Å². The molecular formula is C17H18O2. The molecule has 2 rings (SSSR count). The van der Waals surface area contributed by atoms with Gasteiger partial charge in [-0.15, -0.1) is 0 Å². The van der Waals surface area contributed by atoms with E-state index in [4.69, 9.17) is 4.74 Å². The van der Waals surface area contributed by atoms with E-state index < -0.39 is 0 Å². The first-order valence-electron chi connectivity index (χ1n) is 6.36. The third-order valence-electron chi connectivity index (χ3n) is 3.31. The Bertz CT molecular complexity index is 570. The molecule has 0 fully saturated rings. The third-order valence-corrected chi connectivity index (χ3v) is 3.31. The Morgan fingerprint density at radius 2 is 1.79 bits per heavy atom. The molecule has 2 aromatic rings. The van der Waals surface area contributed by atoms with Gasteiger partial charge in [0.25, 0.3) is 0 Å². The van der Waals surface area contributed by atoms with E-state index in [2.05, 4.69) is 6.07 Å². The van der Waals surface area contributed by atoms with Crippen molar-refractivity contribution in [2.24, 2.45) is 0 Å². The van der Waals surface area contributed by atoms with E-state index in [9.17, 15) is 4.79 Å². The number of rotatable bonds is 4. The highest BCUT2D eigenvalue weighted by Gasteiger charge is 2.17. The first-order valence-corrected chi connectivity index (χ1v) is 6.36. The lowest BCUT2D eigenvalue weighted by atomic mass is 9.91. The molecule has 0 amide bonds. The van der Waals surface area contributed by atoms with Crippen LogP contribution in [0.25, 0.3) is 0 Å². The van der Waals surface area contributed by atoms with Crippen LogP contribution in [-0.2, 0) is 0 Å². The van der Waals surface area contributed by atoms with Gasteiger partial charge in [0.1, 0.15) is 5.75 Å². The second-order valence-electron chi connectivity index (χ2n) is 4.73. The predicted molar refractivity (Wildman–Crippen MR) is 76.9 cm³/mol. The number of hydrogen-bond donors (Lipinski definition) is 0. The molecule has 1 unspecified atom stereocenters. The van der Waals surface area contributed by atoms with Crippen LogP contribution in [0.2, 0.25) is 0 Å². The summed E-state index contributed by atoms with van der Waals surface area (Å²) in [7, 11) is 1.62. The highest BCUT2D eigenvalue weighted by atomic mass is 16.5. The number of carbonyl (C=O) groups is 1. The molecule has 98 valence electrons. The van der Waals surface area contributed by atoms with Crippen molar-refractivity contribution in [1.29, 1.82) is 0 Å². The van der Waals surface area contributed by atoms with E-state index in [0.29, 0.717) is 0 Å². The maximum atomic E-state index is 12.4. The molecule has 0 aliphatic heterocycles. The molecule has 0 heterocycles. The molecule has 1 atom stereocenters. The lowest BCUT2D eigenvalue weighted by Crippen LogP contribution is -2.09. The molecule has 2 nitrogen and oxygen atoms in total. The van der Waals surface area contributed by atoms with Crippen molar-refractivity contribution >= 4 is 5.78 Å². The van der Waals surface area contributed by atoms with Crippen LogP contribution in [0.15, 0.2) is 48.5 Å². The van der Waals surface area contributed by atoms with Crippen molar-refractivity contribution < 1.29 is 9.53 Å². The monoisotopic (exact) mass is 254 g/mol. The average Bonchev–Trinajstić information content (AvgIpc) is 2.46. The number of carbonyl (C=O) groups excluding carboxylic acids is 1. The van der Waals surface area contributed by atoms with E-state index >= 15 is 0 Å². The maximum absolute atomic E-state index is 12.4. The Labute approximate surface area is 114 Å². The van der Waals surface area contributed by atoms with E-state index in [1.54, 1.807) is 7.11 Å². The van der Waals surface area contributed by atoms with Crippen LogP contribution in [0, 0.1) is 6.92 Å². The van der Waals surface area contributed by atoms with Gasteiger partial charge in [0.05, 0.1) is 7.11 Å². The molecule has 19 heavy (non-hydrogen) atoms. The summed E-state index contributed by atoms with van der Waals surface area (Å²) in [5, 5.41) is 0. The van der Waals surface area contributed by atoms with Crippen molar-refractivity contribution in [3.05, 3.63) is 65.2 Å². The Balaban J connectivity index is 2.23. The number of hydrogen-bond acceptors (Lipinski definition) is 2. The quantitative estimate of drug-likeness (QED) is 0.771. The molecule has 0 aliphatic carbocycles. The summed E-state index contributed by atoms with van der Waals surface area (Å²) < 4.78 is 5.10. The van der Waals surface area contributed by atoms with Crippen LogP contribution < -0.4 is 4.74 Å². The molecule has 0 aliphatic rings. The van der Waals surface area contributed by atoms with Crippen LogP contribution in [0.1, 0.15) is 34.3 Å². The SMILES string of the molecule is COc1ccc(C(=O)C(C)c2cccc(C)c2)cc1. The second kappa shape index (κ2) is 5.70. The number of methoxy groups -OCH3 is 1. The Morgan fingerprint density at radius 1 is 1.11 bits per heavy atom. The van der Waals surface area contributed by atoms with Crippen molar-refractivity contribution in [1.82, 2.24) is 0 Å². The van der Waals surface area contributed by atoms with Gasteiger partial charge >= 0.3 is 0 Å². The first kappa shape index (κ1) is 13.3. The number of ether oxygens (including phenoxy) is 1. The summed E-state index contributed by atoms with van der Waals surface area (Å²) in [6.07, 6.45) is 0. The molecule has 0 spiro atoms. The van der Waals surface area contributed by atoms with Crippen LogP contribution in [0.4, 0.5) is 0 Å². The minimum Gasteiger partial charge on any atom is -0.497 e. The van der Waals surface area contributed by atoms with Crippen molar-refractivity contribution in [3.8, 4) is 5.75 Å². The second-order valence-corrected chi connectivity index (χ2v) is 4.73. The van der Waals surface area contributed by atoms with E-state index in [1.807, 2.05) is 56.3 Å². The van der Waals surface area contributed by atoms with Gasteiger partial charge in [-0.2, -0.15) is 0 Å². The Morgan fingerprint density at radius 3 is 2.37 bits per heavy atom. The van der Waals surface area contributed by atoms with Gasteiger partial charge in [-0.05, 0) is 36.8 Å². The molecule has 2 aromatic carbocycles. The summed E-state index contributed by atoms with van der Waals surface area (Å²) in [5.74, 6) is 0.765. The molecular weight excluding hydrogens is 236 g/mol. The molecule has 2 heteroatoms. The largest absolute Gasteiger partial charge is 0.497 e. The zero-order chi connectivity index (χ0) is 13.8. The van der Waals surface area contributed by atoms with Gasteiger partial charge in [-0.25, -0.2) is 0 Å². The normalized spacial score (nSPS) is 11.9. The summed E-state index contributed by atoms with van der Waals surface area (Å²) in [6.45, 7) is 3.98. The van der Waals surface area contributed by atoms with Gasteiger partial charge in [0, 0.05) is 11.5 Å². The molecule has 0 N–H and O–H groups in total. The van der Waals surface area contributed by atoms with Crippen molar-refractivity contribution in [2.45, 2.75) is 19.8 Å². The highest BCUT2D eigenvalue weighted by Crippen LogP contribution is 2.22. The van der Waals surface area contributed by atoms with Crippen LogP contribution >= 0.6 is 0 Å². The summed E-state index contributed by atoms with van der Waals surface area (Å²) in [4.78, 5) is 12.4. The fourth-order valence-corrected chi connectivity index (χ4v) is 2.10. The maximum Gasteiger partial charge on any atom is 0.170 e. The zero-order valence-electron chi connectivity index (χ0n) is 11.5. The number of aryl methyl sites for hydroxylation is 1. The van der Waals surface area contributed by atoms with Crippen molar-refractivity contribution in [3.63, 3.8) is 0 Å². The van der Waals surface area contributed by atoms with Crippen LogP contribution in [0.5, 0.6) is 5.75 Å². The number of Topliss-reactive ketones (excluding diaryl/α,β-unsaturated/α-hetero) is 1. The fourth-order valence-electron chi connectivity index (χ4n) is 2.10. The minimum absolute atomic E-state index is 0.131.